The Morgan fingerprint density at radius 2 is 1.28 bits per heavy atom. The number of hydrogen-bond donors (Lipinski definition) is 9. The van der Waals surface area contributed by atoms with Crippen LogP contribution < -0.4 is 46.1 Å². The van der Waals surface area contributed by atoms with Gasteiger partial charge < -0.3 is 75.4 Å². The van der Waals surface area contributed by atoms with E-state index in [1.54, 1.807) is 79.2 Å². The van der Waals surface area contributed by atoms with Crippen LogP contribution in [0.5, 0.6) is 11.5 Å². The van der Waals surface area contributed by atoms with E-state index in [9.17, 15) is 57.5 Å². The number of alkyl halides is 2. The van der Waals surface area contributed by atoms with Crippen LogP contribution in [-0.2, 0) is 49.5 Å². The fourth-order valence-corrected chi connectivity index (χ4v) is 15.2. The Bertz CT molecular complexity index is 3930. The number of thiocarbonyl (C=S) groups is 1. The number of unbranched alkanes of at least 4 members (excludes halogenated alkanes) is 1. The van der Waals surface area contributed by atoms with Gasteiger partial charge in [0.05, 0.1) is 39.3 Å². The molecule has 30 heteroatoms. The molecule has 8 amide bonds. The molecule has 0 radical (unpaired) electrons. The number of amides is 8. The van der Waals surface area contributed by atoms with Gasteiger partial charge in [0.1, 0.15) is 12.4 Å². The molecule has 2 aromatic heterocycles. The number of ether oxygens (including phenoxy) is 2. The van der Waals surface area contributed by atoms with E-state index >= 15 is 0 Å². The summed E-state index contributed by atoms with van der Waals surface area (Å²) in [7, 11) is -1.69. The third kappa shape index (κ3) is 16.3. The molecule has 0 saturated heterocycles. The number of hydrogen-bond acceptors (Lipinski definition) is 14. The SMILES string of the molecule is CC(=O)CC(CCCCNC(C)=O)C(=O)NC(C(=O)CC(CCCNC(N)=O)C(=O)Nc1ccc(COC(=S)N(C)CCN(C)C(=O)Oc2cc3c(c4c(C)c[nH]c24)C(CCl)CN3C(=O)C23CC(C(=O)N4CC(CCl)c5c4cc(OP(=O)(O)O)c4[nH]cc(C)c54)(C2)C3)cc1)C(C)C. The number of anilines is 3. The van der Waals surface area contributed by atoms with Crippen molar-refractivity contribution in [1.29, 1.82) is 0 Å². The molecule has 0 spiro atoms. The molecule has 5 aliphatic rings. The summed E-state index contributed by atoms with van der Waals surface area (Å²) in [6.07, 6.45) is 5.55. The number of carbonyl (C=O) groups excluding carboxylic acids is 9. The van der Waals surface area contributed by atoms with E-state index in [1.807, 2.05) is 20.0 Å². The molecule has 3 aliphatic carbocycles. The average molecular weight is 1420 g/mol. The lowest BCUT2D eigenvalue weighted by atomic mass is 9.34. The number of carbonyl (C=O) groups is 9. The van der Waals surface area contributed by atoms with Gasteiger partial charge in [-0.15, -0.1) is 23.2 Å². The molecule has 2 bridgehead atoms. The number of phosphoric ester groups is 1. The molecule has 3 aromatic carbocycles. The summed E-state index contributed by atoms with van der Waals surface area (Å²) in [5.74, 6) is -3.90. The standard InChI is InChI=1S/C67H86Cl2N11O15PS/c1-36(2)56(76-60(85)42(22-39(5)81)12-9-10-18-71-40(6)82)49(83)23-43(13-11-19-72-63(70)88)59(84)75-46-16-14-41(15-17-46)32-93-65(97)78(8)21-20-77(7)64(89)94-50-24-47-54(52-37(3)28-73-57(50)52)44(26-68)30-79(47)61(86)66-33-67(34-66,35-66)62(87)80-31-45(27-69)55-48(80)25-51(95-96(90,91)92)58-53(55)38(4)29-74-58/h14-17,24-25,28-29,36,42-45,56,73-74H,9-13,18-23,26-27,30-35H2,1-8H3,(H,71,82)(H,75,84)(H,76,85)(H3,70,72,88)(H2,90,91,92). The number of rotatable bonds is 31. The zero-order valence-electron chi connectivity index (χ0n) is 55.7. The normalized spacial score (nSPS) is 19.2. The fraction of sp³-hybridized carbons (Fsp3) is 0.522. The Morgan fingerprint density at radius 3 is 1.80 bits per heavy atom. The van der Waals surface area contributed by atoms with Crippen LogP contribution in [0.25, 0.3) is 21.8 Å². The molecule has 2 aliphatic heterocycles. The van der Waals surface area contributed by atoms with Crippen molar-refractivity contribution in [3.63, 3.8) is 0 Å². The monoisotopic (exact) mass is 1420 g/mol. The largest absolute Gasteiger partial charge is 0.524 e. The highest BCUT2D eigenvalue weighted by Crippen LogP contribution is 2.75. The lowest BCUT2D eigenvalue weighted by Crippen LogP contribution is -2.73. The van der Waals surface area contributed by atoms with Crippen LogP contribution in [0.4, 0.5) is 26.7 Å². The summed E-state index contributed by atoms with van der Waals surface area (Å²) in [4.78, 5) is 152. The number of benzene rings is 3. The first-order valence-electron chi connectivity index (χ1n) is 32.5. The number of H-pyrrole nitrogens is 2. The number of phosphoric acid groups is 1. The second-order valence-electron chi connectivity index (χ2n) is 26.8. The Kier molecular flexibility index (Phi) is 23.1. The number of nitrogens with one attached hydrogen (secondary N) is 6. The van der Waals surface area contributed by atoms with Crippen molar-refractivity contribution < 1.29 is 71.5 Å². The predicted molar refractivity (Wildman–Crippen MR) is 371 cm³/mol. The number of nitrogens with zero attached hydrogens (tertiary/aromatic N) is 4. The summed E-state index contributed by atoms with van der Waals surface area (Å²) < 4.78 is 29.3. The zero-order chi connectivity index (χ0) is 70.6. The number of halogens is 2. The summed E-state index contributed by atoms with van der Waals surface area (Å²) in [5.41, 5.74) is 10.0. The van der Waals surface area contributed by atoms with Gasteiger partial charge in [0.25, 0.3) is 5.17 Å². The van der Waals surface area contributed by atoms with E-state index in [-0.39, 0.29) is 134 Å². The number of nitrogens with two attached hydrogens (primary N) is 1. The molecule has 5 atom stereocenters. The number of likely N-dealkylation sites (N-methyl/N-ethyl adjacent to an activating group) is 2. The van der Waals surface area contributed by atoms with E-state index in [2.05, 4.69) is 31.2 Å². The highest BCUT2D eigenvalue weighted by atomic mass is 35.5. The molecule has 5 unspecified atom stereocenters. The van der Waals surface area contributed by atoms with Crippen molar-refractivity contribution >= 4 is 141 Å². The van der Waals surface area contributed by atoms with Crippen molar-refractivity contribution in [3.8, 4) is 11.5 Å². The van der Waals surface area contributed by atoms with Crippen LogP contribution in [0, 0.1) is 42.4 Å². The van der Waals surface area contributed by atoms with E-state index in [0.717, 1.165) is 27.6 Å². The van der Waals surface area contributed by atoms with Gasteiger partial charge >= 0.3 is 19.9 Å². The van der Waals surface area contributed by atoms with E-state index in [0.29, 0.717) is 90.5 Å². The lowest BCUT2D eigenvalue weighted by Gasteiger charge is -2.69. The quantitative estimate of drug-likeness (QED) is 0.00865. The fourth-order valence-electron chi connectivity index (χ4n) is 14.2. The second kappa shape index (κ2) is 30.5. The van der Waals surface area contributed by atoms with E-state index < -0.39 is 60.5 Å². The minimum atomic E-state index is -4.99. The smallest absolute Gasteiger partial charge is 0.466 e. The van der Waals surface area contributed by atoms with Gasteiger partial charge in [-0.3, -0.25) is 38.6 Å². The number of aromatic nitrogens is 2. The Balaban J connectivity index is 0.781. The first-order chi connectivity index (χ1) is 45.9. The van der Waals surface area contributed by atoms with Gasteiger partial charge in [-0.1, -0.05) is 32.4 Å². The van der Waals surface area contributed by atoms with Gasteiger partial charge in [-0.25, -0.2) is 14.2 Å². The van der Waals surface area contributed by atoms with Crippen molar-refractivity contribution in [1.82, 2.24) is 35.7 Å². The Labute approximate surface area is 577 Å². The van der Waals surface area contributed by atoms with Crippen molar-refractivity contribution in [3.05, 3.63) is 76.6 Å². The molecule has 26 nitrogen and oxygen atoms in total. The van der Waals surface area contributed by atoms with Crippen LogP contribution >= 0.6 is 43.2 Å². The minimum absolute atomic E-state index is 0.0127. The first kappa shape index (κ1) is 73.4. The minimum Gasteiger partial charge on any atom is -0.466 e. The first-order valence-corrected chi connectivity index (χ1v) is 35.5. The molecule has 10 N–H and O–H groups in total. The lowest BCUT2D eigenvalue weighted by molar-refractivity contribution is -0.205. The zero-order valence-corrected chi connectivity index (χ0v) is 58.9. The molecule has 3 saturated carbocycles. The van der Waals surface area contributed by atoms with E-state index in [4.69, 9.17) is 55.2 Å². The number of fused-ring (bicyclic) bond motifs is 6. The van der Waals surface area contributed by atoms with Gasteiger partial charge in [0, 0.05) is 150 Å². The molecule has 3 fully saturated rings. The second-order valence-corrected chi connectivity index (χ2v) is 29.0. The van der Waals surface area contributed by atoms with Gasteiger partial charge in [-0.05, 0) is 124 Å². The third-order valence-corrected chi connectivity index (χ3v) is 20.7. The third-order valence-electron chi connectivity index (χ3n) is 19.1. The molecule has 524 valence electrons. The number of primary amides is 1. The molecule has 5 aromatic rings. The van der Waals surface area contributed by atoms with Crippen molar-refractivity contribution in [2.75, 3.05) is 80.2 Å². The maximum absolute atomic E-state index is 15.0. The van der Waals surface area contributed by atoms with Crippen LogP contribution in [0.2, 0.25) is 0 Å². The van der Waals surface area contributed by atoms with Crippen LogP contribution in [0.3, 0.4) is 0 Å². The summed E-state index contributed by atoms with van der Waals surface area (Å²) in [6, 6.07) is 8.32. The summed E-state index contributed by atoms with van der Waals surface area (Å²) >= 11 is 18.8. The summed E-state index contributed by atoms with van der Waals surface area (Å²) in [5, 5.41) is 12.6. The Hall–Kier alpha value is -7.81. The van der Waals surface area contributed by atoms with Gasteiger partial charge in [0.15, 0.2) is 17.3 Å². The van der Waals surface area contributed by atoms with Crippen LogP contribution in [-0.4, -0.2) is 159 Å². The molecular formula is C67H86Cl2N11O15PS. The molecule has 97 heavy (non-hydrogen) atoms. The maximum atomic E-state index is 15.0. The number of ketones is 2. The maximum Gasteiger partial charge on any atom is 0.524 e. The number of Topliss-reactive ketones (excluding diaryl/α,β-unsaturated/α-hetero) is 2. The molecular weight excluding hydrogens is 1330 g/mol. The number of aryl methyl sites for hydroxylation is 2. The van der Waals surface area contributed by atoms with Gasteiger partial charge in [-0.2, -0.15) is 0 Å². The van der Waals surface area contributed by atoms with Crippen molar-refractivity contribution in [2.24, 2.45) is 34.3 Å². The topological polar surface area (TPSA) is 358 Å². The summed E-state index contributed by atoms with van der Waals surface area (Å²) in [6.45, 7) is 11.7. The number of aromatic amines is 2. The van der Waals surface area contributed by atoms with Crippen LogP contribution in [0.15, 0.2) is 48.8 Å². The highest BCUT2D eigenvalue weighted by molar-refractivity contribution is 7.80. The van der Waals surface area contributed by atoms with Crippen molar-refractivity contribution in [2.45, 2.75) is 130 Å². The Morgan fingerprint density at radius 1 is 0.753 bits per heavy atom. The number of urea groups is 1. The highest BCUT2D eigenvalue weighted by Gasteiger charge is 2.76. The van der Waals surface area contributed by atoms with Gasteiger partial charge in [0.2, 0.25) is 29.5 Å². The average Bonchev–Trinajstić information content (AvgIpc) is 1.11. The van der Waals surface area contributed by atoms with Crippen LogP contribution in [0.1, 0.15) is 132 Å². The predicted octanol–water partition coefficient (Wildman–Crippen LogP) is 8.82. The molecule has 10 rings (SSSR count). The van der Waals surface area contributed by atoms with E-state index in [1.165, 1.54) is 24.8 Å². The molecule has 4 heterocycles.